The maximum Gasteiger partial charge on any atom is 0.230 e. The van der Waals surface area contributed by atoms with Crippen molar-refractivity contribution in [2.45, 2.75) is 51.0 Å². The minimum Gasteiger partial charge on any atom is -0.309 e. The quantitative estimate of drug-likeness (QED) is 0.801. The lowest BCUT2D eigenvalue weighted by atomic mass is 9.93. The molecule has 102 valence electrons. The van der Waals surface area contributed by atoms with Gasteiger partial charge in [0.25, 0.3) is 0 Å². The highest BCUT2D eigenvalue weighted by Crippen LogP contribution is 2.36. The maximum atomic E-state index is 12.6. The van der Waals surface area contributed by atoms with Crippen LogP contribution in [0.5, 0.6) is 0 Å². The molecule has 1 amide bonds. The van der Waals surface area contributed by atoms with Gasteiger partial charge in [0.05, 0.1) is 0 Å². The van der Waals surface area contributed by atoms with Gasteiger partial charge in [0.1, 0.15) is 0 Å². The van der Waals surface area contributed by atoms with Crippen molar-refractivity contribution in [3.63, 3.8) is 0 Å². The number of anilines is 1. The Morgan fingerprint density at radius 2 is 1.63 bits per heavy atom. The summed E-state index contributed by atoms with van der Waals surface area (Å²) in [6, 6.07) is 8.12. The smallest absolute Gasteiger partial charge is 0.230 e. The Morgan fingerprint density at radius 1 is 1.00 bits per heavy atom. The van der Waals surface area contributed by atoms with Gasteiger partial charge in [-0.1, -0.05) is 30.9 Å². The second kappa shape index (κ2) is 5.54. The molecule has 3 heteroatoms. The summed E-state index contributed by atoms with van der Waals surface area (Å²) in [5.74, 6) is 0.604. The first-order valence-electron chi connectivity index (χ1n) is 7.34. The summed E-state index contributed by atoms with van der Waals surface area (Å²) < 4.78 is 0. The van der Waals surface area contributed by atoms with Crippen molar-refractivity contribution in [2.75, 3.05) is 4.90 Å². The normalized spacial score (nSPS) is 20.3. The summed E-state index contributed by atoms with van der Waals surface area (Å²) >= 11 is 5.95. The van der Waals surface area contributed by atoms with Gasteiger partial charge < -0.3 is 4.90 Å². The van der Waals surface area contributed by atoms with Crippen LogP contribution >= 0.6 is 11.6 Å². The number of halogens is 1. The first-order valence-corrected chi connectivity index (χ1v) is 7.72. The number of carbonyl (C=O) groups is 1. The van der Waals surface area contributed by atoms with Crippen LogP contribution in [0.1, 0.15) is 44.9 Å². The number of rotatable bonds is 3. The monoisotopic (exact) mass is 277 g/mol. The molecule has 1 aromatic rings. The van der Waals surface area contributed by atoms with Gasteiger partial charge in [0, 0.05) is 22.7 Å². The average molecular weight is 278 g/mol. The Hall–Kier alpha value is -1.02. The van der Waals surface area contributed by atoms with Crippen LogP contribution < -0.4 is 4.90 Å². The predicted molar refractivity (Wildman–Crippen MR) is 78.5 cm³/mol. The van der Waals surface area contributed by atoms with Crippen molar-refractivity contribution in [3.8, 4) is 0 Å². The van der Waals surface area contributed by atoms with Gasteiger partial charge in [0.15, 0.2) is 0 Å². The number of hydrogen-bond donors (Lipinski definition) is 0. The van der Waals surface area contributed by atoms with Crippen LogP contribution in [-0.4, -0.2) is 11.9 Å². The molecule has 2 aliphatic rings. The topological polar surface area (TPSA) is 20.3 Å². The van der Waals surface area contributed by atoms with Gasteiger partial charge in [-0.15, -0.1) is 0 Å². The van der Waals surface area contributed by atoms with Gasteiger partial charge in [-0.25, -0.2) is 0 Å². The molecular formula is C16H20ClNO. The minimum absolute atomic E-state index is 0.276. The van der Waals surface area contributed by atoms with Crippen LogP contribution in [0.3, 0.4) is 0 Å². The fraction of sp³-hybridized carbons (Fsp3) is 0.562. The highest BCUT2D eigenvalue weighted by atomic mass is 35.5. The van der Waals surface area contributed by atoms with Crippen LogP contribution in [0.2, 0.25) is 5.02 Å². The van der Waals surface area contributed by atoms with Crippen molar-refractivity contribution in [1.82, 2.24) is 0 Å². The first kappa shape index (κ1) is 13.0. The van der Waals surface area contributed by atoms with Gasteiger partial charge in [-0.05, 0) is 49.9 Å². The molecule has 2 saturated carbocycles. The lowest BCUT2D eigenvalue weighted by Crippen LogP contribution is -2.42. The standard InChI is InChI=1S/C16H20ClNO/c17-13-8-10-15(11-9-13)18(16(19)12-6-7-12)14-4-2-1-3-5-14/h8-12,14H,1-7H2. The van der Waals surface area contributed by atoms with E-state index in [2.05, 4.69) is 4.90 Å². The van der Waals surface area contributed by atoms with Crippen molar-refractivity contribution in [1.29, 1.82) is 0 Å². The summed E-state index contributed by atoms with van der Waals surface area (Å²) in [6.07, 6.45) is 8.20. The zero-order chi connectivity index (χ0) is 13.2. The molecular weight excluding hydrogens is 258 g/mol. The molecule has 0 radical (unpaired) electrons. The fourth-order valence-electron chi connectivity index (χ4n) is 2.99. The fourth-order valence-corrected chi connectivity index (χ4v) is 3.11. The van der Waals surface area contributed by atoms with E-state index in [4.69, 9.17) is 11.6 Å². The molecule has 3 rings (SSSR count). The molecule has 0 unspecified atom stereocenters. The summed E-state index contributed by atoms with van der Waals surface area (Å²) in [5.41, 5.74) is 1.02. The van der Waals surface area contributed by atoms with E-state index in [-0.39, 0.29) is 5.92 Å². The molecule has 0 saturated heterocycles. The summed E-state index contributed by atoms with van der Waals surface area (Å²) in [5, 5.41) is 0.728. The number of amides is 1. The van der Waals surface area contributed by atoms with Crippen LogP contribution in [-0.2, 0) is 4.79 Å². The van der Waals surface area contributed by atoms with Gasteiger partial charge >= 0.3 is 0 Å². The molecule has 2 fully saturated rings. The lowest BCUT2D eigenvalue weighted by Gasteiger charge is -2.34. The van der Waals surface area contributed by atoms with E-state index in [1.807, 2.05) is 24.3 Å². The highest BCUT2D eigenvalue weighted by Gasteiger charge is 2.37. The SMILES string of the molecule is O=C(C1CC1)N(c1ccc(Cl)cc1)C1CCCCC1. The first-order chi connectivity index (χ1) is 9.25. The molecule has 0 aromatic heterocycles. The van der Waals surface area contributed by atoms with Gasteiger partial charge in [0.2, 0.25) is 5.91 Å². The lowest BCUT2D eigenvalue weighted by molar-refractivity contribution is -0.120. The number of benzene rings is 1. The molecule has 2 nitrogen and oxygen atoms in total. The molecule has 0 heterocycles. The van der Waals surface area contributed by atoms with E-state index in [0.29, 0.717) is 11.9 Å². The average Bonchev–Trinajstić information content (AvgIpc) is 3.27. The third kappa shape index (κ3) is 2.94. The van der Waals surface area contributed by atoms with E-state index < -0.39 is 0 Å². The van der Waals surface area contributed by atoms with Crippen molar-refractivity contribution in [2.24, 2.45) is 5.92 Å². The van der Waals surface area contributed by atoms with E-state index >= 15 is 0 Å². The van der Waals surface area contributed by atoms with E-state index in [1.165, 1.54) is 19.3 Å². The predicted octanol–water partition coefficient (Wildman–Crippen LogP) is 4.42. The van der Waals surface area contributed by atoms with E-state index in [9.17, 15) is 4.79 Å². The molecule has 19 heavy (non-hydrogen) atoms. The molecule has 0 N–H and O–H groups in total. The molecule has 0 spiro atoms. The molecule has 1 aromatic carbocycles. The molecule has 0 atom stereocenters. The number of carbonyl (C=O) groups excluding carboxylic acids is 1. The van der Waals surface area contributed by atoms with E-state index in [0.717, 1.165) is 36.4 Å². The molecule has 0 aliphatic heterocycles. The zero-order valence-electron chi connectivity index (χ0n) is 11.1. The van der Waals surface area contributed by atoms with Crippen LogP contribution in [0.25, 0.3) is 0 Å². The zero-order valence-corrected chi connectivity index (χ0v) is 11.9. The maximum absolute atomic E-state index is 12.6. The minimum atomic E-state index is 0.276. The number of nitrogens with zero attached hydrogens (tertiary/aromatic N) is 1. The van der Waals surface area contributed by atoms with Gasteiger partial charge in [-0.3, -0.25) is 4.79 Å². The second-order valence-electron chi connectivity index (χ2n) is 5.75. The van der Waals surface area contributed by atoms with E-state index in [1.54, 1.807) is 0 Å². The van der Waals surface area contributed by atoms with Crippen LogP contribution in [0.4, 0.5) is 5.69 Å². The Kier molecular flexibility index (Phi) is 3.79. The Balaban J connectivity index is 1.86. The third-order valence-electron chi connectivity index (χ3n) is 4.21. The van der Waals surface area contributed by atoms with Gasteiger partial charge in [-0.2, -0.15) is 0 Å². The third-order valence-corrected chi connectivity index (χ3v) is 4.46. The Morgan fingerprint density at radius 3 is 2.21 bits per heavy atom. The number of hydrogen-bond acceptors (Lipinski definition) is 1. The molecule has 2 aliphatic carbocycles. The van der Waals surface area contributed by atoms with Crippen molar-refractivity contribution in [3.05, 3.63) is 29.3 Å². The largest absolute Gasteiger partial charge is 0.309 e. The Labute approximate surface area is 119 Å². The van der Waals surface area contributed by atoms with Crippen LogP contribution in [0, 0.1) is 5.92 Å². The van der Waals surface area contributed by atoms with Crippen molar-refractivity contribution < 1.29 is 4.79 Å². The Bertz CT molecular complexity index is 446. The summed E-state index contributed by atoms with van der Waals surface area (Å²) in [4.78, 5) is 14.6. The molecule has 0 bridgehead atoms. The van der Waals surface area contributed by atoms with Crippen LogP contribution in [0.15, 0.2) is 24.3 Å². The summed E-state index contributed by atoms with van der Waals surface area (Å²) in [6.45, 7) is 0. The van der Waals surface area contributed by atoms with Crippen molar-refractivity contribution >= 4 is 23.2 Å². The second-order valence-corrected chi connectivity index (χ2v) is 6.19. The highest BCUT2D eigenvalue weighted by molar-refractivity contribution is 6.30. The summed E-state index contributed by atoms with van der Waals surface area (Å²) in [7, 11) is 0.